The minimum atomic E-state index is 0.283. The Morgan fingerprint density at radius 1 is 1.24 bits per heavy atom. The van der Waals surface area contributed by atoms with Crippen LogP contribution in [0.25, 0.3) is 0 Å². The molecule has 1 atom stereocenters. The maximum Gasteiger partial charge on any atom is 0.118 e. The molecule has 0 radical (unpaired) electrons. The SMILES string of the molecule is COc1ccc(C[C@@H]2CN(Cc3ccsc3)CCO2)cc1. The molecule has 112 valence electrons. The summed E-state index contributed by atoms with van der Waals surface area (Å²) in [6.45, 7) is 3.88. The van der Waals surface area contributed by atoms with Crippen LogP contribution in [0.1, 0.15) is 11.1 Å². The van der Waals surface area contributed by atoms with Gasteiger partial charge >= 0.3 is 0 Å². The van der Waals surface area contributed by atoms with Gasteiger partial charge in [-0.05, 0) is 46.5 Å². The van der Waals surface area contributed by atoms with E-state index in [9.17, 15) is 0 Å². The first-order valence-electron chi connectivity index (χ1n) is 7.31. The molecular weight excluding hydrogens is 282 g/mol. The van der Waals surface area contributed by atoms with Gasteiger partial charge in [-0.25, -0.2) is 0 Å². The highest BCUT2D eigenvalue weighted by atomic mass is 32.1. The van der Waals surface area contributed by atoms with E-state index < -0.39 is 0 Å². The number of ether oxygens (including phenoxy) is 2. The van der Waals surface area contributed by atoms with Crippen LogP contribution in [-0.4, -0.2) is 37.8 Å². The van der Waals surface area contributed by atoms with Gasteiger partial charge in [-0.15, -0.1) is 0 Å². The molecule has 0 N–H and O–H groups in total. The molecule has 0 spiro atoms. The number of methoxy groups -OCH3 is 1. The maximum atomic E-state index is 5.92. The summed E-state index contributed by atoms with van der Waals surface area (Å²) in [6.07, 6.45) is 1.25. The Morgan fingerprint density at radius 2 is 2.10 bits per heavy atom. The van der Waals surface area contributed by atoms with Crippen molar-refractivity contribution in [3.05, 3.63) is 52.2 Å². The molecule has 1 saturated heterocycles. The highest BCUT2D eigenvalue weighted by molar-refractivity contribution is 7.07. The standard InChI is InChI=1S/C17H21NO2S/c1-19-16-4-2-14(3-5-16)10-17-12-18(7-8-20-17)11-15-6-9-21-13-15/h2-6,9,13,17H,7-8,10-12H2,1H3/t17-/m1/s1. The Labute approximate surface area is 130 Å². The molecule has 1 aliphatic heterocycles. The van der Waals surface area contributed by atoms with Crippen LogP contribution in [0.2, 0.25) is 0 Å². The normalized spacial score (nSPS) is 19.6. The van der Waals surface area contributed by atoms with Gasteiger partial charge in [0.1, 0.15) is 5.75 Å². The third kappa shape index (κ3) is 4.06. The van der Waals surface area contributed by atoms with Gasteiger partial charge in [0.05, 0.1) is 19.8 Å². The van der Waals surface area contributed by atoms with Gasteiger partial charge in [-0.2, -0.15) is 11.3 Å². The lowest BCUT2D eigenvalue weighted by atomic mass is 10.1. The fourth-order valence-electron chi connectivity index (χ4n) is 2.71. The number of thiophene rings is 1. The van der Waals surface area contributed by atoms with E-state index in [-0.39, 0.29) is 6.10 Å². The number of hydrogen-bond donors (Lipinski definition) is 0. The summed E-state index contributed by atoms with van der Waals surface area (Å²) >= 11 is 1.77. The second-order valence-electron chi connectivity index (χ2n) is 5.41. The first-order valence-corrected chi connectivity index (χ1v) is 8.26. The van der Waals surface area contributed by atoms with Gasteiger partial charge in [0, 0.05) is 19.6 Å². The summed E-state index contributed by atoms with van der Waals surface area (Å²) in [5.74, 6) is 0.905. The van der Waals surface area contributed by atoms with Crippen molar-refractivity contribution in [3.63, 3.8) is 0 Å². The highest BCUT2D eigenvalue weighted by Gasteiger charge is 2.20. The summed E-state index contributed by atoms with van der Waals surface area (Å²) in [7, 11) is 1.70. The Morgan fingerprint density at radius 3 is 2.81 bits per heavy atom. The summed E-state index contributed by atoms with van der Waals surface area (Å²) < 4.78 is 11.1. The number of rotatable bonds is 5. The van der Waals surface area contributed by atoms with Crippen molar-refractivity contribution in [2.45, 2.75) is 19.1 Å². The van der Waals surface area contributed by atoms with Gasteiger partial charge in [-0.3, -0.25) is 4.90 Å². The van der Waals surface area contributed by atoms with Crippen LogP contribution in [-0.2, 0) is 17.7 Å². The minimum Gasteiger partial charge on any atom is -0.497 e. The second-order valence-corrected chi connectivity index (χ2v) is 6.19. The van der Waals surface area contributed by atoms with Crippen LogP contribution in [0.5, 0.6) is 5.75 Å². The molecular formula is C17H21NO2S. The Hall–Kier alpha value is -1.36. The summed E-state index contributed by atoms with van der Waals surface area (Å²) in [5.41, 5.74) is 2.71. The molecule has 0 saturated carbocycles. The number of morpholine rings is 1. The first-order chi connectivity index (χ1) is 10.3. The zero-order chi connectivity index (χ0) is 14.5. The molecule has 1 aromatic carbocycles. The average molecular weight is 303 g/mol. The summed E-state index contributed by atoms with van der Waals surface area (Å²) in [4.78, 5) is 2.49. The topological polar surface area (TPSA) is 21.7 Å². The molecule has 0 bridgehead atoms. The second kappa shape index (κ2) is 7.07. The quantitative estimate of drug-likeness (QED) is 0.846. The number of hydrogen-bond acceptors (Lipinski definition) is 4. The summed E-state index contributed by atoms with van der Waals surface area (Å²) in [6, 6.07) is 10.5. The third-order valence-electron chi connectivity index (χ3n) is 3.83. The third-order valence-corrected chi connectivity index (χ3v) is 4.56. The Kier molecular flexibility index (Phi) is 4.91. The van der Waals surface area contributed by atoms with E-state index >= 15 is 0 Å². The molecule has 21 heavy (non-hydrogen) atoms. The van der Waals surface area contributed by atoms with Crippen LogP contribution in [0.4, 0.5) is 0 Å². The zero-order valence-electron chi connectivity index (χ0n) is 12.3. The van der Waals surface area contributed by atoms with E-state index in [4.69, 9.17) is 9.47 Å². The van der Waals surface area contributed by atoms with E-state index in [1.807, 2.05) is 12.1 Å². The minimum absolute atomic E-state index is 0.283. The van der Waals surface area contributed by atoms with E-state index in [2.05, 4.69) is 33.9 Å². The van der Waals surface area contributed by atoms with Crippen molar-refractivity contribution in [1.82, 2.24) is 4.90 Å². The van der Waals surface area contributed by atoms with Crippen molar-refractivity contribution in [1.29, 1.82) is 0 Å². The van der Waals surface area contributed by atoms with Gasteiger partial charge in [0.15, 0.2) is 0 Å². The lowest BCUT2D eigenvalue weighted by molar-refractivity contribution is -0.0304. The Bertz CT molecular complexity index is 538. The Balaban J connectivity index is 1.55. The largest absolute Gasteiger partial charge is 0.497 e. The molecule has 2 aromatic rings. The van der Waals surface area contributed by atoms with Gasteiger partial charge < -0.3 is 9.47 Å². The molecule has 4 heteroatoms. The van der Waals surface area contributed by atoms with Crippen LogP contribution >= 0.6 is 11.3 Å². The van der Waals surface area contributed by atoms with Crippen molar-refractivity contribution in [3.8, 4) is 5.75 Å². The molecule has 1 aliphatic rings. The van der Waals surface area contributed by atoms with Crippen LogP contribution < -0.4 is 4.74 Å². The summed E-state index contributed by atoms with van der Waals surface area (Å²) in [5, 5.41) is 4.37. The van der Waals surface area contributed by atoms with E-state index in [0.717, 1.165) is 38.4 Å². The smallest absolute Gasteiger partial charge is 0.118 e. The first kappa shape index (κ1) is 14.6. The van der Waals surface area contributed by atoms with E-state index in [0.29, 0.717) is 0 Å². The van der Waals surface area contributed by atoms with Crippen LogP contribution in [0, 0.1) is 0 Å². The fourth-order valence-corrected chi connectivity index (χ4v) is 3.37. The molecule has 2 heterocycles. The van der Waals surface area contributed by atoms with E-state index in [1.54, 1.807) is 18.4 Å². The molecule has 0 aliphatic carbocycles. The lowest BCUT2D eigenvalue weighted by Crippen LogP contribution is -2.42. The zero-order valence-corrected chi connectivity index (χ0v) is 13.1. The van der Waals surface area contributed by atoms with Crippen molar-refractivity contribution < 1.29 is 9.47 Å². The molecule has 1 aromatic heterocycles. The van der Waals surface area contributed by atoms with Crippen LogP contribution in [0.3, 0.4) is 0 Å². The van der Waals surface area contributed by atoms with Crippen molar-refractivity contribution in [2.75, 3.05) is 26.8 Å². The number of benzene rings is 1. The monoisotopic (exact) mass is 303 g/mol. The number of nitrogens with zero attached hydrogens (tertiary/aromatic N) is 1. The highest BCUT2D eigenvalue weighted by Crippen LogP contribution is 2.17. The van der Waals surface area contributed by atoms with Crippen molar-refractivity contribution >= 4 is 11.3 Å². The van der Waals surface area contributed by atoms with Gasteiger partial charge in [0.2, 0.25) is 0 Å². The molecule has 0 unspecified atom stereocenters. The molecule has 3 rings (SSSR count). The lowest BCUT2D eigenvalue weighted by Gasteiger charge is -2.32. The average Bonchev–Trinajstić information content (AvgIpc) is 3.01. The van der Waals surface area contributed by atoms with E-state index in [1.165, 1.54) is 11.1 Å². The predicted octanol–water partition coefficient (Wildman–Crippen LogP) is 3.20. The van der Waals surface area contributed by atoms with Crippen molar-refractivity contribution in [2.24, 2.45) is 0 Å². The van der Waals surface area contributed by atoms with Gasteiger partial charge in [-0.1, -0.05) is 12.1 Å². The van der Waals surface area contributed by atoms with Gasteiger partial charge in [0.25, 0.3) is 0 Å². The molecule has 0 amide bonds. The fraction of sp³-hybridized carbons (Fsp3) is 0.412. The molecule has 3 nitrogen and oxygen atoms in total. The maximum absolute atomic E-state index is 5.92. The van der Waals surface area contributed by atoms with Crippen LogP contribution in [0.15, 0.2) is 41.1 Å². The predicted molar refractivity (Wildman–Crippen MR) is 86.0 cm³/mol. The molecule has 1 fully saturated rings.